The Hall–Kier alpha value is -1.92. The number of benzene rings is 1. The van der Waals surface area contributed by atoms with Crippen molar-refractivity contribution in [3.63, 3.8) is 0 Å². The van der Waals surface area contributed by atoms with E-state index in [9.17, 15) is 9.59 Å². The van der Waals surface area contributed by atoms with Crippen molar-refractivity contribution < 1.29 is 14.3 Å². The van der Waals surface area contributed by atoms with Crippen LogP contribution in [-0.4, -0.2) is 60.5 Å². The summed E-state index contributed by atoms with van der Waals surface area (Å²) in [5.41, 5.74) is 7.89. The van der Waals surface area contributed by atoms with E-state index < -0.39 is 0 Å². The molecule has 2 fully saturated rings. The van der Waals surface area contributed by atoms with E-state index >= 15 is 0 Å². The van der Waals surface area contributed by atoms with Crippen LogP contribution in [0, 0.1) is 12.8 Å². The molecule has 6 heteroatoms. The van der Waals surface area contributed by atoms with Crippen LogP contribution < -0.4 is 5.73 Å². The van der Waals surface area contributed by atoms with E-state index in [1.165, 1.54) is 11.1 Å². The second kappa shape index (κ2) is 7.97. The Morgan fingerprint density at radius 3 is 2.64 bits per heavy atom. The summed E-state index contributed by atoms with van der Waals surface area (Å²) in [7, 11) is 0. The van der Waals surface area contributed by atoms with Gasteiger partial charge in [-0.25, -0.2) is 0 Å². The van der Waals surface area contributed by atoms with Gasteiger partial charge < -0.3 is 15.4 Å². The fourth-order valence-electron chi connectivity index (χ4n) is 3.64. The zero-order valence-electron chi connectivity index (χ0n) is 14.8. The first-order chi connectivity index (χ1) is 12.0. The number of primary amides is 1. The van der Waals surface area contributed by atoms with Crippen molar-refractivity contribution >= 4 is 11.8 Å². The van der Waals surface area contributed by atoms with Crippen molar-refractivity contribution in [2.75, 3.05) is 32.8 Å². The molecule has 6 nitrogen and oxygen atoms in total. The Morgan fingerprint density at radius 1 is 1.24 bits per heavy atom. The highest BCUT2D eigenvalue weighted by atomic mass is 16.5. The van der Waals surface area contributed by atoms with Gasteiger partial charge in [-0.1, -0.05) is 29.8 Å². The molecule has 2 heterocycles. The van der Waals surface area contributed by atoms with Crippen molar-refractivity contribution in [3.8, 4) is 0 Å². The van der Waals surface area contributed by atoms with Gasteiger partial charge in [0.2, 0.25) is 11.8 Å². The SMILES string of the molecule is Cc1ccc(CN2CCN(C(=O)C3CCOC3)CC2CC(N)=O)cc1. The Kier molecular flexibility index (Phi) is 5.71. The molecule has 2 unspecified atom stereocenters. The lowest BCUT2D eigenvalue weighted by molar-refractivity contribution is -0.139. The molecule has 0 aliphatic carbocycles. The van der Waals surface area contributed by atoms with Crippen LogP contribution in [0.2, 0.25) is 0 Å². The van der Waals surface area contributed by atoms with Gasteiger partial charge in [-0.05, 0) is 18.9 Å². The first-order valence-corrected chi connectivity index (χ1v) is 8.97. The minimum absolute atomic E-state index is 0.0289. The van der Waals surface area contributed by atoms with Gasteiger partial charge in [-0.2, -0.15) is 0 Å². The Labute approximate surface area is 148 Å². The van der Waals surface area contributed by atoms with Crippen LogP contribution >= 0.6 is 0 Å². The standard InChI is InChI=1S/C19H27N3O3/c1-14-2-4-15(5-3-14)11-21-7-8-22(12-17(21)10-18(20)23)19(24)16-6-9-25-13-16/h2-5,16-17H,6-13H2,1H3,(H2,20,23). The van der Waals surface area contributed by atoms with Crippen LogP contribution in [0.3, 0.4) is 0 Å². The van der Waals surface area contributed by atoms with Gasteiger partial charge in [0.25, 0.3) is 0 Å². The molecule has 2 amide bonds. The molecule has 2 saturated heterocycles. The van der Waals surface area contributed by atoms with E-state index in [1.807, 2.05) is 4.90 Å². The van der Waals surface area contributed by atoms with Gasteiger partial charge in [0.15, 0.2) is 0 Å². The first kappa shape index (κ1) is 17.9. The minimum atomic E-state index is -0.322. The highest BCUT2D eigenvalue weighted by Gasteiger charge is 2.34. The molecular weight excluding hydrogens is 318 g/mol. The molecule has 25 heavy (non-hydrogen) atoms. The third-order valence-electron chi connectivity index (χ3n) is 5.14. The highest BCUT2D eigenvalue weighted by Crippen LogP contribution is 2.21. The maximum atomic E-state index is 12.6. The number of aryl methyl sites for hydroxylation is 1. The molecule has 136 valence electrons. The molecule has 2 aliphatic rings. The molecule has 2 N–H and O–H groups in total. The van der Waals surface area contributed by atoms with Crippen LogP contribution in [0.4, 0.5) is 0 Å². The molecular formula is C19H27N3O3. The smallest absolute Gasteiger partial charge is 0.228 e. The van der Waals surface area contributed by atoms with Gasteiger partial charge in [0.1, 0.15) is 0 Å². The average Bonchev–Trinajstić information content (AvgIpc) is 3.12. The van der Waals surface area contributed by atoms with E-state index in [-0.39, 0.29) is 30.2 Å². The number of hydrogen-bond acceptors (Lipinski definition) is 4. The third kappa shape index (κ3) is 4.58. The van der Waals surface area contributed by atoms with E-state index in [1.54, 1.807) is 0 Å². The summed E-state index contributed by atoms with van der Waals surface area (Å²) in [6, 6.07) is 8.39. The molecule has 0 bridgehead atoms. The van der Waals surface area contributed by atoms with Gasteiger partial charge in [-0.3, -0.25) is 14.5 Å². The second-order valence-corrected chi connectivity index (χ2v) is 7.13. The molecule has 0 spiro atoms. The first-order valence-electron chi connectivity index (χ1n) is 8.97. The lowest BCUT2D eigenvalue weighted by Crippen LogP contribution is -2.56. The Bertz CT molecular complexity index is 611. The van der Waals surface area contributed by atoms with Crippen LogP contribution in [0.5, 0.6) is 0 Å². The molecule has 2 atom stereocenters. The molecule has 0 aromatic heterocycles. The van der Waals surface area contributed by atoms with Crippen molar-refractivity contribution in [1.29, 1.82) is 0 Å². The summed E-state index contributed by atoms with van der Waals surface area (Å²) in [5.74, 6) is -0.197. The normalized spacial score (nSPS) is 24.4. The zero-order chi connectivity index (χ0) is 17.8. The number of rotatable bonds is 5. The maximum absolute atomic E-state index is 12.6. The number of piperazine rings is 1. The fourth-order valence-corrected chi connectivity index (χ4v) is 3.64. The Morgan fingerprint density at radius 2 is 2.00 bits per heavy atom. The van der Waals surface area contributed by atoms with Crippen LogP contribution in [0.15, 0.2) is 24.3 Å². The summed E-state index contributed by atoms with van der Waals surface area (Å²) in [5, 5.41) is 0. The molecule has 1 aromatic carbocycles. The van der Waals surface area contributed by atoms with Gasteiger partial charge in [0, 0.05) is 45.2 Å². The predicted octanol–water partition coefficient (Wildman–Crippen LogP) is 0.920. The number of nitrogens with two attached hydrogens (primary N) is 1. The number of nitrogens with zero attached hydrogens (tertiary/aromatic N) is 2. The van der Waals surface area contributed by atoms with Gasteiger partial charge in [-0.15, -0.1) is 0 Å². The number of hydrogen-bond donors (Lipinski definition) is 1. The summed E-state index contributed by atoms with van der Waals surface area (Å²) in [6.45, 7) is 6.02. The number of amides is 2. The molecule has 3 rings (SSSR count). The van der Waals surface area contributed by atoms with Gasteiger partial charge in [0.05, 0.1) is 12.5 Å². The molecule has 1 aromatic rings. The quantitative estimate of drug-likeness (QED) is 0.861. The third-order valence-corrected chi connectivity index (χ3v) is 5.14. The highest BCUT2D eigenvalue weighted by molar-refractivity contribution is 5.79. The number of carbonyl (C=O) groups is 2. The maximum Gasteiger partial charge on any atom is 0.228 e. The topological polar surface area (TPSA) is 75.9 Å². The van der Waals surface area contributed by atoms with E-state index in [0.717, 1.165) is 19.5 Å². The van der Waals surface area contributed by atoms with Crippen molar-refractivity contribution in [3.05, 3.63) is 35.4 Å². The van der Waals surface area contributed by atoms with Crippen LogP contribution in [0.1, 0.15) is 24.0 Å². The average molecular weight is 345 g/mol. The lowest BCUT2D eigenvalue weighted by atomic mass is 10.0. The van der Waals surface area contributed by atoms with E-state index in [4.69, 9.17) is 10.5 Å². The summed E-state index contributed by atoms with van der Waals surface area (Å²) in [4.78, 5) is 28.3. The van der Waals surface area contributed by atoms with Crippen molar-refractivity contribution in [1.82, 2.24) is 9.80 Å². The molecule has 2 aliphatic heterocycles. The monoisotopic (exact) mass is 345 g/mol. The minimum Gasteiger partial charge on any atom is -0.381 e. The van der Waals surface area contributed by atoms with Crippen molar-refractivity contribution in [2.45, 2.75) is 32.4 Å². The molecule has 0 radical (unpaired) electrons. The predicted molar refractivity (Wildman–Crippen MR) is 94.7 cm³/mol. The molecule has 0 saturated carbocycles. The summed E-state index contributed by atoms with van der Waals surface area (Å²) in [6.07, 6.45) is 1.07. The second-order valence-electron chi connectivity index (χ2n) is 7.13. The zero-order valence-corrected chi connectivity index (χ0v) is 14.8. The number of carbonyl (C=O) groups excluding carboxylic acids is 2. The number of ether oxygens (including phenoxy) is 1. The summed E-state index contributed by atoms with van der Waals surface area (Å²) < 4.78 is 5.34. The van der Waals surface area contributed by atoms with Crippen LogP contribution in [0.25, 0.3) is 0 Å². The van der Waals surface area contributed by atoms with Gasteiger partial charge >= 0.3 is 0 Å². The van der Waals surface area contributed by atoms with Crippen molar-refractivity contribution in [2.24, 2.45) is 11.7 Å². The lowest BCUT2D eigenvalue weighted by Gasteiger charge is -2.42. The van der Waals surface area contributed by atoms with Crippen LogP contribution in [-0.2, 0) is 20.9 Å². The fraction of sp³-hybridized carbons (Fsp3) is 0.579. The summed E-state index contributed by atoms with van der Waals surface area (Å²) >= 11 is 0. The Balaban J connectivity index is 1.66. The van der Waals surface area contributed by atoms with E-state index in [0.29, 0.717) is 26.3 Å². The largest absolute Gasteiger partial charge is 0.381 e. The van der Waals surface area contributed by atoms with E-state index in [2.05, 4.69) is 36.1 Å².